The number of hydrogen-bond donors (Lipinski definition) is 1. The molecule has 1 atom stereocenters. The molecule has 154 valence electrons. The van der Waals surface area contributed by atoms with Gasteiger partial charge in [-0.05, 0) is 32.0 Å². The van der Waals surface area contributed by atoms with Crippen LogP contribution in [0.25, 0.3) is 0 Å². The largest absolute Gasteiger partial charge is 0.479 e. The monoisotopic (exact) mass is 411 g/mol. The SMILES string of the molecule is CCn1nccc1C(C)NC(=O)c1ccc(COc2c(F)c(F)cc(F)c2F)o1. The molecular formula is C19H17F4N3O3. The standard InChI is InChI=1S/C19H17F4N3O3/c1-3-26-14(6-7-24-26)10(2)25-19(27)15-5-4-11(29-15)9-28-18-16(22)12(20)8-13(21)17(18)23/h4-8,10H,3,9H2,1-2H3,(H,25,27). The number of ether oxygens (including phenoxy) is 1. The Morgan fingerprint density at radius 1 is 1.21 bits per heavy atom. The van der Waals surface area contributed by atoms with Gasteiger partial charge < -0.3 is 14.5 Å². The molecule has 1 N–H and O–H groups in total. The maximum atomic E-state index is 13.6. The molecule has 0 fully saturated rings. The summed E-state index contributed by atoms with van der Waals surface area (Å²) in [5.74, 6) is -8.25. The van der Waals surface area contributed by atoms with E-state index in [2.05, 4.69) is 10.4 Å². The minimum Gasteiger partial charge on any atom is -0.479 e. The van der Waals surface area contributed by atoms with Gasteiger partial charge in [-0.15, -0.1) is 0 Å². The van der Waals surface area contributed by atoms with Gasteiger partial charge in [0.25, 0.3) is 5.91 Å². The number of amides is 1. The topological polar surface area (TPSA) is 69.3 Å². The third-order valence-corrected chi connectivity index (χ3v) is 4.16. The van der Waals surface area contributed by atoms with E-state index in [1.807, 2.05) is 6.92 Å². The first-order valence-corrected chi connectivity index (χ1v) is 8.68. The molecule has 6 nitrogen and oxygen atoms in total. The minimum absolute atomic E-state index is 0.0323. The van der Waals surface area contributed by atoms with Crippen molar-refractivity contribution in [2.24, 2.45) is 0 Å². The molecule has 0 saturated heterocycles. The number of benzene rings is 1. The van der Waals surface area contributed by atoms with Crippen LogP contribution in [0.15, 0.2) is 34.9 Å². The Balaban J connectivity index is 1.66. The van der Waals surface area contributed by atoms with E-state index in [1.54, 1.807) is 23.9 Å². The second-order valence-electron chi connectivity index (χ2n) is 6.12. The summed E-state index contributed by atoms with van der Waals surface area (Å²) in [4.78, 5) is 12.3. The molecule has 3 rings (SSSR count). The molecule has 0 saturated carbocycles. The Hall–Kier alpha value is -3.30. The Kier molecular flexibility index (Phi) is 5.90. The molecule has 1 amide bonds. The van der Waals surface area contributed by atoms with Gasteiger partial charge in [-0.2, -0.15) is 13.9 Å². The van der Waals surface area contributed by atoms with E-state index in [-0.39, 0.29) is 23.6 Å². The number of hydrogen-bond acceptors (Lipinski definition) is 4. The highest BCUT2D eigenvalue weighted by Crippen LogP contribution is 2.27. The van der Waals surface area contributed by atoms with E-state index < -0.39 is 41.5 Å². The number of carbonyl (C=O) groups is 1. The average molecular weight is 411 g/mol. The molecule has 10 heteroatoms. The van der Waals surface area contributed by atoms with Crippen molar-refractivity contribution in [3.63, 3.8) is 0 Å². The van der Waals surface area contributed by atoms with Gasteiger partial charge in [0.2, 0.25) is 11.6 Å². The molecule has 3 aromatic rings. The van der Waals surface area contributed by atoms with Gasteiger partial charge in [0, 0.05) is 18.8 Å². The van der Waals surface area contributed by atoms with Crippen molar-refractivity contribution in [3.8, 4) is 5.75 Å². The lowest BCUT2D eigenvalue weighted by Gasteiger charge is -2.14. The molecular weight excluding hydrogens is 394 g/mol. The van der Waals surface area contributed by atoms with Gasteiger partial charge in [0.05, 0.1) is 11.7 Å². The van der Waals surface area contributed by atoms with Crippen LogP contribution in [-0.4, -0.2) is 15.7 Å². The van der Waals surface area contributed by atoms with E-state index in [1.165, 1.54) is 12.1 Å². The summed E-state index contributed by atoms with van der Waals surface area (Å²) in [5, 5.41) is 6.87. The molecule has 0 bridgehead atoms. The lowest BCUT2D eigenvalue weighted by Crippen LogP contribution is -2.28. The highest BCUT2D eigenvalue weighted by molar-refractivity contribution is 5.91. The second kappa shape index (κ2) is 8.38. The number of nitrogens with zero attached hydrogens (tertiary/aromatic N) is 2. The van der Waals surface area contributed by atoms with Crippen molar-refractivity contribution >= 4 is 5.91 Å². The molecule has 0 radical (unpaired) electrons. The summed E-state index contributed by atoms with van der Waals surface area (Å²) in [6.45, 7) is 3.79. The molecule has 0 aliphatic heterocycles. The Labute approximate surface area is 163 Å². The lowest BCUT2D eigenvalue weighted by atomic mass is 10.2. The summed E-state index contributed by atoms with van der Waals surface area (Å²) in [5.41, 5.74) is 0.801. The molecule has 0 aliphatic rings. The predicted molar refractivity (Wildman–Crippen MR) is 93.1 cm³/mol. The van der Waals surface area contributed by atoms with Gasteiger partial charge >= 0.3 is 0 Å². The first-order chi connectivity index (χ1) is 13.8. The van der Waals surface area contributed by atoms with Gasteiger partial charge in [-0.1, -0.05) is 0 Å². The van der Waals surface area contributed by atoms with Gasteiger partial charge in [-0.25, -0.2) is 8.78 Å². The zero-order chi connectivity index (χ0) is 21.1. The Bertz CT molecular complexity index is 1010. The highest BCUT2D eigenvalue weighted by atomic mass is 19.2. The van der Waals surface area contributed by atoms with Crippen molar-refractivity contribution in [2.45, 2.75) is 33.0 Å². The fourth-order valence-corrected chi connectivity index (χ4v) is 2.72. The molecule has 29 heavy (non-hydrogen) atoms. The quantitative estimate of drug-likeness (QED) is 0.469. The fraction of sp³-hybridized carbons (Fsp3) is 0.263. The zero-order valence-electron chi connectivity index (χ0n) is 15.5. The summed E-state index contributed by atoms with van der Waals surface area (Å²) in [7, 11) is 0. The van der Waals surface area contributed by atoms with E-state index in [0.717, 1.165) is 5.69 Å². The Morgan fingerprint density at radius 2 is 1.90 bits per heavy atom. The predicted octanol–water partition coefficient (Wildman–Crippen LogP) is 4.12. The second-order valence-corrected chi connectivity index (χ2v) is 6.12. The normalized spacial score (nSPS) is 12.1. The molecule has 0 aliphatic carbocycles. The average Bonchev–Trinajstić information content (AvgIpc) is 3.35. The fourth-order valence-electron chi connectivity index (χ4n) is 2.72. The number of rotatable bonds is 7. The van der Waals surface area contributed by atoms with Crippen molar-refractivity contribution in [1.29, 1.82) is 0 Å². The van der Waals surface area contributed by atoms with Crippen LogP contribution in [0.4, 0.5) is 17.6 Å². The third-order valence-electron chi connectivity index (χ3n) is 4.16. The van der Waals surface area contributed by atoms with Crippen LogP contribution in [0.3, 0.4) is 0 Å². The summed E-state index contributed by atoms with van der Waals surface area (Å²) < 4.78 is 65.5. The van der Waals surface area contributed by atoms with Crippen LogP contribution in [-0.2, 0) is 13.2 Å². The van der Waals surface area contributed by atoms with Crippen molar-refractivity contribution in [3.05, 3.63) is 70.9 Å². The van der Waals surface area contributed by atoms with Crippen LogP contribution in [0.5, 0.6) is 5.75 Å². The molecule has 2 aromatic heterocycles. The molecule has 0 spiro atoms. The lowest BCUT2D eigenvalue weighted by molar-refractivity contribution is 0.0905. The summed E-state index contributed by atoms with van der Waals surface area (Å²) in [6, 6.07) is 4.20. The van der Waals surface area contributed by atoms with E-state index >= 15 is 0 Å². The van der Waals surface area contributed by atoms with E-state index in [0.29, 0.717) is 6.54 Å². The van der Waals surface area contributed by atoms with Crippen LogP contribution in [0.1, 0.15) is 41.9 Å². The van der Waals surface area contributed by atoms with Crippen LogP contribution in [0.2, 0.25) is 0 Å². The number of carbonyl (C=O) groups excluding carboxylic acids is 1. The maximum Gasteiger partial charge on any atom is 0.287 e. The molecule has 1 unspecified atom stereocenters. The first-order valence-electron chi connectivity index (χ1n) is 8.68. The Morgan fingerprint density at radius 3 is 2.55 bits per heavy atom. The van der Waals surface area contributed by atoms with Crippen LogP contribution in [0, 0.1) is 23.3 Å². The van der Waals surface area contributed by atoms with Crippen molar-refractivity contribution in [1.82, 2.24) is 15.1 Å². The van der Waals surface area contributed by atoms with Crippen LogP contribution >= 0.6 is 0 Å². The van der Waals surface area contributed by atoms with Crippen molar-refractivity contribution in [2.75, 3.05) is 0 Å². The smallest absolute Gasteiger partial charge is 0.287 e. The number of nitrogens with one attached hydrogen (secondary N) is 1. The number of furan rings is 1. The zero-order valence-corrected chi connectivity index (χ0v) is 15.5. The molecule has 2 heterocycles. The van der Waals surface area contributed by atoms with Gasteiger partial charge in [0.15, 0.2) is 23.1 Å². The van der Waals surface area contributed by atoms with E-state index in [4.69, 9.17) is 9.15 Å². The highest BCUT2D eigenvalue weighted by Gasteiger charge is 2.22. The third kappa shape index (κ3) is 4.25. The van der Waals surface area contributed by atoms with Crippen LogP contribution < -0.4 is 10.1 Å². The van der Waals surface area contributed by atoms with Gasteiger partial charge in [0.1, 0.15) is 12.4 Å². The van der Waals surface area contributed by atoms with E-state index in [9.17, 15) is 22.4 Å². The summed E-state index contributed by atoms with van der Waals surface area (Å²) >= 11 is 0. The first kappa shape index (κ1) is 20.4. The molecule has 1 aromatic carbocycles. The maximum absolute atomic E-state index is 13.6. The minimum atomic E-state index is -1.66. The van der Waals surface area contributed by atoms with Gasteiger partial charge in [-0.3, -0.25) is 9.48 Å². The number of aromatic nitrogens is 2. The van der Waals surface area contributed by atoms with Crippen molar-refractivity contribution < 1.29 is 31.5 Å². The number of aryl methyl sites for hydroxylation is 1. The number of halogens is 4. The summed E-state index contributed by atoms with van der Waals surface area (Å²) in [6.07, 6.45) is 1.62.